The molecule has 1 atom stereocenters. The molecule has 0 aliphatic carbocycles. The highest BCUT2D eigenvalue weighted by molar-refractivity contribution is 5.98. The molecule has 0 amide bonds. The van der Waals surface area contributed by atoms with E-state index < -0.39 is 0 Å². The van der Waals surface area contributed by atoms with E-state index in [1.165, 1.54) is 0 Å². The molecular weight excluding hydrogens is 230 g/mol. The number of ether oxygens (including phenoxy) is 2. The Hall–Kier alpha value is -1.13. The van der Waals surface area contributed by atoms with E-state index in [9.17, 15) is 4.79 Å². The van der Waals surface area contributed by atoms with Crippen molar-refractivity contribution in [1.29, 1.82) is 0 Å². The van der Waals surface area contributed by atoms with Crippen molar-refractivity contribution >= 4 is 5.78 Å². The van der Waals surface area contributed by atoms with Gasteiger partial charge < -0.3 is 14.0 Å². The average Bonchev–Trinajstić information content (AvgIpc) is 2.62. The number of Topliss-reactive ketones (excluding diaryl/α,β-unsaturated/α-hetero) is 1. The molecule has 0 spiro atoms. The first kappa shape index (κ1) is 14.9. The van der Waals surface area contributed by atoms with Crippen LogP contribution in [0.15, 0.2) is 6.07 Å². The van der Waals surface area contributed by atoms with Crippen LogP contribution < -0.4 is 0 Å². The zero-order valence-corrected chi connectivity index (χ0v) is 11.9. The molecule has 102 valence electrons. The van der Waals surface area contributed by atoms with Gasteiger partial charge in [0, 0.05) is 30.6 Å². The van der Waals surface area contributed by atoms with Gasteiger partial charge in [0.1, 0.15) is 6.61 Å². The van der Waals surface area contributed by atoms with Crippen molar-refractivity contribution < 1.29 is 14.3 Å². The fourth-order valence-corrected chi connectivity index (χ4v) is 2.15. The Morgan fingerprint density at radius 2 is 2.11 bits per heavy atom. The van der Waals surface area contributed by atoms with Gasteiger partial charge in [0.05, 0.1) is 12.7 Å². The van der Waals surface area contributed by atoms with Crippen LogP contribution in [0.2, 0.25) is 0 Å². The minimum Gasteiger partial charge on any atom is -0.382 e. The summed E-state index contributed by atoms with van der Waals surface area (Å²) in [6.07, 6.45) is -0.0615. The van der Waals surface area contributed by atoms with E-state index in [4.69, 9.17) is 9.47 Å². The summed E-state index contributed by atoms with van der Waals surface area (Å²) in [5.74, 6) is 0.0331. The van der Waals surface area contributed by atoms with Crippen molar-refractivity contribution in [3.05, 3.63) is 23.0 Å². The second-order valence-corrected chi connectivity index (χ2v) is 4.53. The lowest BCUT2D eigenvalue weighted by Crippen LogP contribution is -2.20. The molecule has 0 fully saturated rings. The maximum Gasteiger partial charge on any atom is 0.190 e. The average molecular weight is 253 g/mol. The summed E-state index contributed by atoms with van der Waals surface area (Å²) < 4.78 is 12.5. The summed E-state index contributed by atoms with van der Waals surface area (Å²) in [7, 11) is 1.62. The van der Waals surface area contributed by atoms with Crippen LogP contribution in [0.5, 0.6) is 0 Å². The van der Waals surface area contributed by atoms with Crippen molar-refractivity contribution in [2.75, 3.05) is 20.3 Å². The smallest absolute Gasteiger partial charge is 0.190 e. The molecule has 1 aromatic rings. The number of carbonyl (C=O) groups is 1. The molecule has 0 aliphatic rings. The molecule has 0 N–H and O–H groups in total. The largest absolute Gasteiger partial charge is 0.382 e. The minimum absolute atomic E-state index is 0.0331. The summed E-state index contributed by atoms with van der Waals surface area (Å²) >= 11 is 0. The fraction of sp³-hybridized carbons (Fsp3) is 0.643. The quantitative estimate of drug-likeness (QED) is 0.700. The zero-order chi connectivity index (χ0) is 13.7. The Kier molecular flexibility index (Phi) is 5.56. The number of rotatable bonds is 7. The number of methoxy groups -OCH3 is 1. The fourth-order valence-electron chi connectivity index (χ4n) is 2.15. The number of carbonyl (C=O) groups excluding carboxylic acids is 1. The summed E-state index contributed by atoms with van der Waals surface area (Å²) in [6.45, 7) is 9.45. The Bertz CT molecular complexity index is 409. The molecule has 1 unspecified atom stereocenters. The first-order valence-corrected chi connectivity index (χ1v) is 6.31. The molecule has 0 radical (unpaired) electrons. The third kappa shape index (κ3) is 3.43. The number of hydrogen-bond donors (Lipinski definition) is 0. The van der Waals surface area contributed by atoms with E-state index >= 15 is 0 Å². The maximum atomic E-state index is 12.1. The maximum absolute atomic E-state index is 12.1. The van der Waals surface area contributed by atoms with Crippen LogP contribution in [-0.2, 0) is 16.0 Å². The second-order valence-electron chi connectivity index (χ2n) is 4.53. The van der Waals surface area contributed by atoms with Gasteiger partial charge in [-0.3, -0.25) is 4.79 Å². The molecule has 4 nitrogen and oxygen atoms in total. The predicted molar refractivity (Wildman–Crippen MR) is 71.2 cm³/mol. The van der Waals surface area contributed by atoms with Crippen molar-refractivity contribution in [3.8, 4) is 0 Å². The number of nitrogens with zero attached hydrogens (tertiary/aromatic N) is 1. The van der Waals surface area contributed by atoms with Gasteiger partial charge in [0.2, 0.25) is 0 Å². The zero-order valence-electron chi connectivity index (χ0n) is 11.9. The van der Waals surface area contributed by atoms with Gasteiger partial charge in [-0.2, -0.15) is 0 Å². The molecule has 0 saturated heterocycles. The van der Waals surface area contributed by atoms with Gasteiger partial charge in [-0.1, -0.05) is 0 Å². The van der Waals surface area contributed by atoms with E-state index in [0.717, 1.165) is 23.5 Å². The lowest BCUT2D eigenvalue weighted by molar-refractivity contribution is 0.0125. The van der Waals surface area contributed by atoms with Crippen molar-refractivity contribution in [1.82, 2.24) is 4.57 Å². The molecule has 18 heavy (non-hydrogen) atoms. The van der Waals surface area contributed by atoms with Crippen molar-refractivity contribution in [2.45, 2.75) is 40.3 Å². The number of aromatic nitrogens is 1. The van der Waals surface area contributed by atoms with Crippen LogP contribution in [0.1, 0.15) is 35.6 Å². The van der Waals surface area contributed by atoms with Crippen molar-refractivity contribution in [2.24, 2.45) is 0 Å². The molecule has 0 aliphatic heterocycles. The van der Waals surface area contributed by atoms with E-state index in [1.54, 1.807) is 7.11 Å². The minimum atomic E-state index is -0.0615. The van der Waals surface area contributed by atoms with Gasteiger partial charge >= 0.3 is 0 Å². The third-order valence-corrected chi connectivity index (χ3v) is 3.09. The number of hydrogen-bond acceptors (Lipinski definition) is 3. The first-order valence-electron chi connectivity index (χ1n) is 6.31. The van der Waals surface area contributed by atoms with E-state index in [1.807, 2.05) is 26.8 Å². The Labute approximate surface area is 109 Å². The summed E-state index contributed by atoms with van der Waals surface area (Å²) in [5.41, 5.74) is 2.89. The molecular formula is C14H23NO3. The van der Waals surface area contributed by atoms with Gasteiger partial charge in [0.15, 0.2) is 5.78 Å². The molecule has 1 rings (SSSR count). The Balaban J connectivity index is 2.67. The molecule has 0 bridgehead atoms. The molecule has 0 saturated carbocycles. The van der Waals surface area contributed by atoms with E-state index in [2.05, 4.69) is 11.5 Å². The Morgan fingerprint density at radius 1 is 1.44 bits per heavy atom. The highest BCUT2D eigenvalue weighted by Crippen LogP contribution is 2.15. The molecule has 1 aromatic heterocycles. The van der Waals surface area contributed by atoms with Crippen LogP contribution >= 0.6 is 0 Å². The highest BCUT2D eigenvalue weighted by Gasteiger charge is 2.16. The van der Waals surface area contributed by atoms with Crippen molar-refractivity contribution in [3.63, 3.8) is 0 Å². The first-order chi connectivity index (χ1) is 8.51. The van der Waals surface area contributed by atoms with E-state index in [-0.39, 0.29) is 18.5 Å². The van der Waals surface area contributed by atoms with Gasteiger partial charge in [-0.15, -0.1) is 0 Å². The standard InChI is InChI=1S/C14H23NO3/c1-6-15-10(2)7-13(12(15)4)14(16)9-18-11(3)8-17-5/h7,11H,6,8-9H2,1-5H3. The highest BCUT2D eigenvalue weighted by atomic mass is 16.5. The summed E-state index contributed by atoms with van der Waals surface area (Å²) in [6, 6.07) is 1.94. The van der Waals surface area contributed by atoms with E-state index in [0.29, 0.717) is 6.61 Å². The summed E-state index contributed by atoms with van der Waals surface area (Å²) in [5, 5.41) is 0. The number of ketones is 1. The monoisotopic (exact) mass is 253 g/mol. The van der Waals surface area contributed by atoms with Gasteiger partial charge in [-0.05, 0) is 33.8 Å². The van der Waals surface area contributed by atoms with Crippen LogP contribution in [0.25, 0.3) is 0 Å². The van der Waals surface area contributed by atoms with Crippen LogP contribution in [-0.4, -0.2) is 36.8 Å². The number of aryl methyl sites for hydroxylation is 1. The normalized spacial score (nSPS) is 12.7. The molecule has 1 heterocycles. The molecule has 0 aromatic carbocycles. The Morgan fingerprint density at radius 3 is 2.61 bits per heavy atom. The lowest BCUT2D eigenvalue weighted by atomic mass is 10.1. The summed E-state index contributed by atoms with van der Waals surface area (Å²) in [4.78, 5) is 12.1. The lowest BCUT2D eigenvalue weighted by Gasteiger charge is -2.11. The van der Waals surface area contributed by atoms with Gasteiger partial charge in [0.25, 0.3) is 0 Å². The van der Waals surface area contributed by atoms with Crippen LogP contribution in [0.4, 0.5) is 0 Å². The third-order valence-electron chi connectivity index (χ3n) is 3.09. The van der Waals surface area contributed by atoms with Crippen LogP contribution in [0.3, 0.4) is 0 Å². The SMILES string of the molecule is CCn1c(C)cc(C(=O)COC(C)COC)c1C. The molecule has 4 heteroatoms. The van der Waals surface area contributed by atoms with Crippen LogP contribution in [0, 0.1) is 13.8 Å². The topological polar surface area (TPSA) is 40.5 Å². The second kappa shape index (κ2) is 6.71. The predicted octanol–water partition coefficient (Wildman–Crippen LogP) is 2.36. The van der Waals surface area contributed by atoms with Gasteiger partial charge in [-0.25, -0.2) is 0 Å².